The normalized spacial score (nSPS) is 28.6. The van der Waals surface area contributed by atoms with Gasteiger partial charge in [0.1, 0.15) is 10.9 Å². The van der Waals surface area contributed by atoms with Gasteiger partial charge in [-0.3, -0.25) is 4.79 Å². The van der Waals surface area contributed by atoms with Crippen LogP contribution in [0.2, 0.25) is 0 Å². The van der Waals surface area contributed by atoms with Crippen LogP contribution in [0.1, 0.15) is 41.6 Å². The molecule has 6 nitrogen and oxygen atoms in total. The van der Waals surface area contributed by atoms with E-state index in [1.54, 1.807) is 0 Å². The molecule has 2 heterocycles. The van der Waals surface area contributed by atoms with E-state index in [2.05, 4.69) is 9.59 Å². The van der Waals surface area contributed by atoms with Gasteiger partial charge >= 0.3 is 5.97 Å². The molecule has 0 bridgehead atoms. The lowest BCUT2D eigenvalue weighted by Gasteiger charge is -2.23. The molecule has 3 atom stereocenters. The third-order valence-corrected chi connectivity index (χ3v) is 5.25. The minimum absolute atomic E-state index is 0.113. The smallest absolute Gasteiger partial charge is 0.326 e. The number of carbonyl (C=O) groups is 2. The lowest BCUT2D eigenvalue weighted by atomic mass is 9.94. The molecule has 7 heteroatoms. The number of carboxylic acids is 1. The van der Waals surface area contributed by atoms with Gasteiger partial charge in [-0.1, -0.05) is 17.8 Å². The van der Waals surface area contributed by atoms with E-state index < -0.39 is 12.0 Å². The molecule has 2 aliphatic rings. The van der Waals surface area contributed by atoms with E-state index in [-0.39, 0.29) is 11.8 Å². The van der Waals surface area contributed by atoms with Gasteiger partial charge in [-0.15, -0.1) is 5.10 Å². The quantitative estimate of drug-likeness (QED) is 0.912. The Hall–Kier alpha value is -1.50. The maximum atomic E-state index is 12.6. The van der Waals surface area contributed by atoms with Crippen LogP contribution in [0.3, 0.4) is 0 Å². The fourth-order valence-electron chi connectivity index (χ4n) is 3.56. The van der Waals surface area contributed by atoms with Gasteiger partial charge in [0.15, 0.2) is 0 Å². The van der Waals surface area contributed by atoms with Gasteiger partial charge in [0.2, 0.25) is 0 Å². The van der Waals surface area contributed by atoms with Crippen molar-refractivity contribution in [3.05, 3.63) is 10.6 Å². The van der Waals surface area contributed by atoms with Crippen LogP contribution in [0.25, 0.3) is 0 Å². The van der Waals surface area contributed by atoms with Gasteiger partial charge < -0.3 is 10.0 Å². The Morgan fingerprint density at radius 2 is 2.25 bits per heavy atom. The second kappa shape index (κ2) is 5.12. The van der Waals surface area contributed by atoms with Gasteiger partial charge in [-0.05, 0) is 42.6 Å². The summed E-state index contributed by atoms with van der Waals surface area (Å²) in [6.07, 6.45) is 3.65. The van der Waals surface area contributed by atoms with Crippen molar-refractivity contribution in [2.24, 2.45) is 11.8 Å². The number of hydrogen-bond acceptors (Lipinski definition) is 5. The number of aliphatic carboxylic acids is 1. The molecule has 1 saturated carbocycles. The molecule has 2 fully saturated rings. The molecule has 1 aliphatic carbocycles. The number of carbonyl (C=O) groups excluding carboxylic acids is 1. The average molecular weight is 295 g/mol. The zero-order valence-corrected chi connectivity index (χ0v) is 12.1. The van der Waals surface area contributed by atoms with Crippen molar-refractivity contribution in [3.63, 3.8) is 0 Å². The van der Waals surface area contributed by atoms with Gasteiger partial charge in [0, 0.05) is 6.54 Å². The zero-order chi connectivity index (χ0) is 14.3. The van der Waals surface area contributed by atoms with E-state index in [9.17, 15) is 14.7 Å². The first-order chi connectivity index (χ1) is 9.63. The second-order valence-electron chi connectivity index (χ2n) is 5.50. The SMILES string of the molecule is CCc1nnsc1C(=O)N1CC2CCCC2C1C(=O)O. The molecule has 0 radical (unpaired) electrons. The summed E-state index contributed by atoms with van der Waals surface area (Å²) in [6.45, 7) is 2.47. The number of hydrogen-bond donors (Lipinski definition) is 1. The third-order valence-electron chi connectivity index (χ3n) is 4.49. The standard InChI is InChI=1S/C13H17N3O3S/c1-2-9-11(20-15-14-9)12(17)16-6-7-4-3-5-8(7)10(16)13(18)19/h7-8,10H,2-6H2,1H3,(H,18,19). The van der Waals surface area contributed by atoms with Crippen molar-refractivity contribution in [1.82, 2.24) is 14.5 Å². The van der Waals surface area contributed by atoms with Crippen LogP contribution in [0.5, 0.6) is 0 Å². The third kappa shape index (κ3) is 2.00. The van der Waals surface area contributed by atoms with E-state index in [0.29, 0.717) is 29.5 Å². The van der Waals surface area contributed by atoms with E-state index in [4.69, 9.17) is 0 Å². The fourth-order valence-corrected chi connectivity index (χ4v) is 4.27. The highest BCUT2D eigenvalue weighted by molar-refractivity contribution is 7.08. The van der Waals surface area contributed by atoms with E-state index in [1.807, 2.05) is 6.92 Å². The minimum Gasteiger partial charge on any atom is -0.480 e. The Bertz CT molecular complexity index is 545. The number of fused-ring (bicyclic) bond motifs is 1. The summed E-state index contributed by atoms with van der Waals surface area (Å²) in [4.78, 5) is 26.2. The Balaban J connectivity index is 1.89. The van der Waals surface area contributed by atoms with Crippen molar-refractivity contribution in [2.45, 2.75) is 38.6 Å². The molecule has 1 N–H and O–H groups in total. The Kier molecular flexibility index (Phi) is 3.45. The lowest BCUT2D eigenvalue weighted by Crippen LogP contribution is -2.43. The molecular weight excluding hydrogens is 278 g/mol. The number of amides is 1. The van der Waals surface area contributed by atoms with E-state index in [0.717, 1.165) is 30.8 Å². The maximum Gasteiger partial charge on any atom is 0.326 e. The molecule has 1 aromatic rings. The van der Waals surface area contributed by atoms with Crippen molar-refractivity contribution in [1.29, 1.82) is 0 Å². The zero-order valence-electron chi connectivity index (χ0n) is 11.3. The molecule has 0 spiro atoms. The molecule has 0 aromatic carbocycles. The van der Waals surface area contributed by atoms with E-state index >= 15 is 0 Å². The fraction of sp³-hybridized carbons (Fsp3) is 0.692. The molecule has 3 rings (SSSR count). The number of aryl methyl sites for hydroxylation is 1. The summed E-state index contributed by atoms with van der Waals surface area (Å²) in [5.74, 6) is -0.643. The minimum atomic E-state index is -0.886. The van der Waals surface area contributed by atoms with Gasteiger partial charge in [0.05, 0.1) is 5.69 Å². The summed E-state index contributed by atoms with van der Waals surface area (Å²) in [5, 5.41) is 13.4. The first-order valence-electron chi connectivity index (χ1n) is 6.98. The molecule has 20 heavy (non-hydrogen) atoms. The van der Waals surface area contributed by atoms with Crippen LogP contribution in [0, 0.1) is 11.8 Å². The Morgan fingerprint density at radius 1 is 1.45 bits per heavy atom. The first kappa shape index (κ1) is 13.5. The lowest BCUT2D eigenvalue weighted by molar-refractivity contribution is -0.142. The van der Waals surface area contributed by atoms with Crippen molar-refractivity contribution >= 4 is 23.4 Å². The predicted octanol–water partition coefficient (Wildman–Crippen LogP) is 1.43. The number of likely N-dealkylation sites (tertiary alicyclic amines) is 1. The highest BCUT2D eigenvalue weighted by Crippen LogP contribution is 2.43. The van der Waals surface area contributed by atoms with E-state index in [1.165, 1.54) is 4.90 Å². The molecule has 108 valence electrons. The average Bonchev–Trinajstić information content (AvgIpc) is 3.11. The molecule has 3 unspecified atom stereocenters. The van der Waals surface area contributed by atoms with Crippen LogP contribution >= 0.6 is 11.5 Å². The molecular formula is C13H17N3O3S. The number of rotatable bonds is 3. The predicted molar refractivity (Wildman–Crippen MR) is 72.6 cm³/mol. The number of aromatic nitrogens is 2. The highest BCUT2D eigenvalue weighted by atomic mass is 32.1. The van der Waals surface area contributed by atoms with Crippen LogP contribution in [0.4, 0.5) is 0 Å². The number of carboxylic acid groups (broad SMARTS) is 1. The Morgan fingerprint density at radius 3 is 2.95 bits per heavy atom. The molecule has 1 amide bonds. The largest absolute Gasteiger partial charge is 0.480 e. The van der Waals surface area contributed by atoms with Crippen LogP contribution in [-0.2, 0) is 11.2 Å². The van der Waals surface area contributed by atoms with Crippen LogP contribution in [-0.4, -0.2) is 44.1 Å². The van der Waals surface area contributed by atoms with Crippen LogP contribution in [0.15, 0.2) is 0 Å². The van der Waals surface area contributed by atoms with Crippen molar-refractivity contribution < 1.29 is 14.7 Å². The monoisotopic (exact) mass is 295 g/mol. The van der Waals surface area contributed by atoms with Crippen LogP contribution < -0.4 is 0 Å². The summed E-state index contributed by atoms with van der Waals surface area (Å²) < 4.78 is 3.82. The molecule has 1 aromatic heterocycles. The van der Waals surface area contributed by atoms with Crippen molar-refractivity contribution in [2.75, 3.05) is 6.54 Å². The summed E-state index contributed by atoms with van der Waals surface area (Å²) in [5.41, 5.74) is 0.668. The first-order valence-corrected chi connectivity index (χ1v) is 7.75. The van der Waals surface area contributed by atoms with Crippen molar-refractivity contribution in [3.8, 4) is 0 Å². The van der Waals surface area contributed by atoms with Gasteiger partial charge in [0.25, 0.3) is 5.91 Å². The molecule has 1 saturated heterocycles. The second-order valence-corrected chi connectivity index (χ2v) is 6.25. The topological polar surface area (TPSA) is 83.4 Å². The number of nitrogens with zero attached hydrogens (tertiary/aromatic N) is 3. The maximum absolute atomic E-state index is 12.6. The Labute approximate surface area is 121 Å². The van der Waals surface area contributed by atoms with Gasteiger partial charge in [-0.25, -0.2) is 4.79 Å². The summed E-state index contributed by atoms with van der Waals surface area (Å²) >= 11 is 1.07. The van der Waals surface area contributed by atoms with Gasteiger partial charge in [-0.2, -0.15) is 0 Å². The summed E-state index contributed by atoms with van der Waals surface area (Å²) in [7, 11) is 0. The summed E-state index contributed by atoms with van der Waals surface area (Å²) in [6, 6.07) is -0.679. The molecule has 1 aliphatic heterocycles. The highest BCUT2D eigenvalue weighted by Gasteiger charge is 2.50.